The maximum Gasteiger partial charge on any atom is 0.200 e. The lowest BCUT2D eigenvalue weighted by Gasteiger charge is -2.25. The number of rotatable bonds is 10. The molecular formula is C37H42F5P. The molecule has 230 valence electrons. The molecular weight excluding hydrogens is 570 g/mol. The molecule has 3 aromatic carbocycles. The lowest BCUT2D eigenvalue weighted by molar-refractivity contribution is 0.381. The fourth-order valence-electron chi connectivity index (χ4n) is 6.08. The highest BCUT2D eigenvalue weighted by atomic mass is 31.1. The van der Waals surface area contributed by atoms with Crippen LogP contribution >= 0.6 is 7.53 Å². The molecule has 1 heterocycles. The molecule has 4 aromatic rings. The first-order valence-electron chi connectivity index (χ1n) is 15.4. The van der Waals surface area contributed by atoms with Gasteiger partial charge < -0.3 is 0 Å². The lowest BCUT2D eigenvalue weighted by Crippen LogP contribution is -2.05. The van der Waals surface area contributed by atoms with E-state index >= 15 is 8.78 Å². The van der Waals surface area contributed by atoms with Crippen LogP contribution in [-0.2, 0) is 12.8 Å². The second kappa shape index (κ2) is 13.4. The van der Waals surface area contributed by atoms with E-state index in [1.807, 2.05) is 37.3 Å². The molecule has 0 aliphatic carbocycles. The van der Waals surface area contributed by atoms with Gasteiger partial charge in [0.2, 0.25) is 5.82 Å². The molecule has 0 saturated carbocycles. The largest absolute Gasteiger partial charge is 0.203 e. The molecule has 0 amide bonds. The van der Waals surface area contributed by atoms with Crippen molar-refractivity contribution in [1.82, 2.24) is 0 Å². The molecule has 0 aliphatic rings. The molecule has 0 fully saturated rings. The van der Waals surface area contributed by atoms with Crippen molar-refractivity contribution >= 4 is 7.53 Å². The summed E-state index contributed by atoms with van der Waals surface area (Å²) in [5.41, 5.74) is 4.30. The minimum absolute atomic E-state index is 0.165. The Morgan fingerprint density at radius 2 is 1.00 bits per heavy atom. The average Bonchev–Trinajstić information content (AvgIpc) is 3.27. The van der Waals surface area contributed by atoms with E-state index in [1.54, 1.807) is 0 Å². The first-order chi connectivity index (χ1) is 20.4. The van der Waals surface area contributed by atoms with Crippen molar-refractivity contribution in [3.8, 4) is 27.6 Å². The van der Waals surface area contributed by atoms with Gasteiger partial charge in [0.15, 0.2) is 23.3 Å². The van der Waals surface area contributed by atoms with Crippen molar-refractivity contribution in [1.29, 1.82) is 0 Å². The predicted molar refractivity (Wildman–Crippen MR) is 171 cm³/mol. The molecule has 4 rings (SSSR count). The Balaban J connectivity index is 2.36. The zero-order chi connectivity index (χ0) is 31.7. The summed E-state index contributed by atoms with van der Waals surface area (Å²) in [7, 11) is -1.31. The van der Waals surface area contributed by atoms with Crippen LogP contribution in [0.15, 0.2) is 42.5 Å². The maximum absolute atomic E-state index is 15.8. The monoisotopic (exact) mass is 612 g/mol. The van der Waals surface area contributed by atoms with Crippen LogP contribution in [0.25, 0.3) is 27.6 Å². The molecule has 6 heteroatoms. The van der Waals surface area contributed by atoms with Crippen molar-refractivity contribution in [2.24, 2.45) is 0 Å². The number of hydrogen-bond acceptors (Lipinski definition) is 0. The molecule has 0 radical (unpaired) electrons. The van der Waals surface area contributed by atoms with Crippen LogP contribution in [0.5, 0.6) is 0 Å². The normalized spacial score (nSPS) is 12.3. The van der Waals surface area contributed by atoms with Crippen LogP contribution < -0.4 is 0 Å². The van der Waals surface area contributed by atoms with Crippen molar-refractivity contribution < 1.29 is 22.0 Å². The summed E-state index contributed by atoms with van der Waals surface area (Å²) < 4.78 is 75.6. The highest BCUT2D eigenvalue weighted by Crippen LogP contribution is 2.62. The molecule has 1 atom stereocenters. The average molecular weight is 613 g/mol. The Kier molecular flexibility index (Phi) is 10.3. The molecule has 1 unspecified atom stereocenters. The molecule has 43 heavy (non-hydrogen) atoms. The summed E-state index contributed by atoms with van der Waals surface area (Å²) in [6, 6.07) is 13.8. The van der Waals surface area contributed by atoms with Gasteiger partial charge in [-0.25, -0.2) is 22.0 Å². The number of hydrogen-bond donors (Lipinski definition) is 0. The minimum Gasteiger partial charge on any atom is -0.203 e. The van der Waals surface area contributed by atoms with Gasteiger partial charge in [-0.1, -0.05) is 118 Å². The predicted octanol–water partition coefficient (Wildman–Crippen LogP) is 13.0. The van der Waals surface area contributed by atoms with Crippen molar-refractivity contribution in [3.63, 3.8) is 0 Å². The zero-order valence-electron chi connectivity index (χ0n) is 26.4. The molecule has 0 N–H and O–H groups in total. The summed E-state index contributed by atoms with van der Waals surface area (Å²) in [6.45, 7) is 17.0. The standard InChI is InChI=1S/C37H42F5P/c1-9-14-27-29(23-16-12-11-13-17-23)30(31-32(38)34(40)36(42)35(41)33(31)39)28(15-10-2)43(27)37-25(21(5)6)18-24(20(3)4)19-26(37)22(7)8/h11-13,16-22H,9-10,14-15H2,1-8H3. The third-order valence-electron chi connectivity index (χ3n) is 8.19. The van der Waals surface area contributed by atoms with Crippen LogP contribution in [0.3, 0.4) is 0 Å². The van der Waals surface area contributed by atoms with Gasteiger partial charge in [0.1, 0.15) is 0 Å². The quantitative estimate of drug-likeness (QED) is 0.0949. The molecule has 0 bridgehead atoms. The van der Waals surface area contributed by atoms with Crippen molar-refractivity contribution in [2.75, 3.05) is 0 Å². The number of benzene rings is 3. The van der Waals surface area contributed by atoms with E-state index in [0.29, 0.717) is 30.7 Å². The van der Waals surface area contributed by atoms with Crippen LogP contribution in [0.4, 0.5) is 22.0 Å². The zero-order valence-corrected chi connectivity index (χ0v) is 27.3. The van der Waals surface area contributed by atoms with E-state index in [4.69, 9.17) is 0 Å². The van der Waals surface area contributed by atoms with Gasteiger partial charge in [-0.3, -0.25) is 0 Å². The van der Waals surface area contributed by atoms with E-state index in [9.17, 15) is 13.2 Å². The summed E-state index contributed by atoms with van der Waals surface area (Å²) in [5.74, 6) is -8.87. The van der Waals surface area contributed by atoms with Gasteiger partial charge in [0.05, 0.1) is 5.56 Å². The Hall–Kier alpha value is -2.91. The second-order valence-electron chi connectivity index (χ2n) is 12.3. The van der Waals surface area contributed by atoms with Gasteiger partial charge >= 0.3 is 0 Å². The smallest absolute Gasteiger partial charge is 0.200 e. The Bertz CT molecular complexity index is 1550. The summed E-state index contributed by atoms with van der Waals surface area (Å²) >= 11 is 0. The third-order valence-corrected chi connectivity index (χ3v) is 11.1. The van der Waals surface area contributed by atoms with E-state index in [2.05, 4.69) is 60.6 Å². The first-order valence-corrected chi connectivity index (χ1v) is 16.7. The summed E-state index contributed by atoms with van der Waals surface area (Å²) in [5, 5.41) is 2.99. The fraction of sp³-hybridized carbons (Fsp3) is 0.405. The van der Waals surface area contributed by atoms with Gasteiger partial charge in [0.25, 0.3) is 0 Å². The molecule has 0 spiro atoms. The molecule has 0 aliphatic heterocycles. The minimum atomic E-state index is -2.14. The van der Waals surface area contributed by atoms with E-state index in [1.165, 1.54) is 22.0 Å². The maximum atomic E-state index is 15.8. The van der Waals surface area contributed by atoms with Gasteiger partial charge in [0, 0.05) is 10.9 Å². The van der Waals surface area contributed by atoms with Crippen LogP contribution in [0, 0.1) is 29.1 Å². The Morgan fingerprint density at radius 1 is 0.558 bits per heavy atom. The van der Waals surface area contributed by atoms with E-state index in [-0.39, 0.29) is 17.4 Å². The molecule has 0 nitrogen and oxygen atoms in total. The lowest BCUT2D eigenvalue weighted by atomic mass is 9.89. The van der Waals surface area contributed by atoms with E-state index < -0.39 is 42.2 Å². The Labute approximate surface area is 254 Å². The Morgan fingerprint density at radius 3 is 1.42 bits per heavy atom. The molecule has 1 aromatic heterocycles. The molecule has 0 saturated heterocycles. The van der Waals surface area contributed by atoms with Crippen LogP contribution in [0.2, 0.25) is 0 Å². The highest BCUT2D eigenvalue weighted by Gasteiger charge is 2.35. The fourth-order valence-corrected chi connectivity index (χ4v) is 9.91. The second-order valence-corrected chi connectivity index (χ2v) is 14.5. The van der Waals surface area contributed by atoms with E-state index in [0.717, 1.165) is 22.6 Å². The number of halogens is 5. The van der Waals surface area contributed by atoms with Crippen LogP contribution in [0.1, 0.15) is 113 Å². The van der Waals surface area contributed by atoms with Crippen molar-refractivity contribution in [3.05, 3.63) is 98.8 Å². The summed E-state index contributed by atoms with van der Waals surface area (Å²) in [4.78, 5) is 0. The summed E-state index contributed by atoms with van der Waals surface area (Å²) in [6.07, 6.45) is 2.55. The highest BCUT2D eigenvalue weighted by molar-refractivity contribution is 7.59. The van der Waals surface area contributed by atoms with Crippen LogP contribution in [-0.4, -0.2) is 0 Å². The van der Waals surface area contributed by atoms with Gasteiger partial charge in [-0.15, -0.1) is 0 Å². The van der Waals surface area contributed by atoms with Gasteiger partial charge in [-0.2, -0.15) is 0 Å². The topological polar surface area (TPSA) is 0 Å². The van der Waals surface area contributed by atoms with Gasteiger partial charge in [-0.05, 0) is 69.0 Å². The van der Waals surface area contributed by atoms with Crippen molar-refractivity contribution in [2.45, 2.75) is 98.8 Å². The first kappa shape index (κ1) is 33.0. The SMILES string of the molecule is CCCc1c(-c2ccccc2)c(-c2c(F)c(F)c(F)c(F)c2F)c(CCC)p1-c1c(C(C)C)cc(C(C)C)cc1C(C)C. The third kappa shape index (κ3) is 5.95.